The number of aryl methyl sites for hydroxylation is 4. The smallest absolute Gasteiger partial charge is 0.341 e. The highest BCUT2D eigenvalue weighted by Crippen LogP contribution is 2.28. The number of ether oxygens (including phenoxy) is 2. The molecule has 4 aromatic rings. The number of aromatic amines is 2. The quantitative estimate of drug-likeness (QED) is 0.107. The van der Waals surface area contributed by atoms with Crippen LogP contribution in [0.4, 0.5) is 0 Å². The zero-order valence-corrected chi connectivity index (χ0v) is 35.2. The first-order valence-corrected chi connectivity index (χ1v) is 18.4. The molecular formula is C42H56N6O9. The van der Waals surface area contributed by atoms with E-state index in [1.165, 1.54) is 22.3 Å². The van der Waals surface area contributed by atoms with E-state index in [9.17, 15) is 34.2 Å². The number of pyridine rings is 2. The van der Waals surface area contributed by atoms with Crippen LogP contribution in [0.3, 0.4) is 0 Å². The van der Waals surface area contributed by atoms with Gasteiger partial charge in [-0.15, -0.1) is 0 Å². The van der Waals surface area contributed by atoms with Crippen LogP contribution in [0.5, 0.6) is 0 Å². The molecule has 0 unspecified atom stereocenters. The number of rotatable bonds is 9. The van der Waals surface area contributed by atoms with Crippen molar-refractivity contribution in [1.29, 1.82) is 0 Å². The zero-order valence-electron chi connectivity index (χ0n) is 35.2. The second-order valence-corrected chi connectivity index (χ2v) is 16.4. The van der Waals surface area contributed by atoms with Crippen LogP contribution in [0.1, 0.15) is 118 Å². The monoisotopic (exact) mass is 788 g/mol. The normalized spacial score (nSPS) is 11.9. The molecule has 0 radical (unpaired) electrons. The van der Waals surface area contributed by atoms with Gasteiger partial charge in [0, 0.05) is 68.5 Å². The first-order valence-electron chi connectivity index (χ1n) is 18.4. The Kier molecular flexibility index (Phi) is 13.9. The number of aromatic nitrogens is 4. The highest BCUT2D eigenvalue weighted by molar-refractivity contribution is 6.08. The van der Waals surface area contributed by atoms with E-state index in [1.54, 1.807) is 89.5 Å². The summed E-state index contributed by atoms with van der Waals surface area (Å²) in [5, 5.41) is 23.3. The summed E-state index contributed by atoms with van der Waals surface area (Å²) in [5.74, 6) is 9.92. The van der Waals surface area contributed by atoms with Gasteiger partial charge in [0.25, 0.3) is 11.1 Å². The van der Waals surface area contributed by atoms with Crippen molar-refractivity contribution in [2.45, 2.75) is 111 Å². The van der Waals surface area contributed by atoms with Gasteiger partial charge in [-0.1, -0.05) is 23.7 Å². The molecule has 0 aliphatic carbocycles. The van der Waals surface area contributed by atoms with E-state index >= 15 is 0 Å². The molecular weight excluding hydrogens is 732 g/mol. The van der Waals surface area contributed by atoms with E-state index in [0.29, 0.717) is 59.2 Å². The highest BCUT2D eigenvalue weighted by Gasteiger charge is 2.30. The molecule has 4 heterocycles. The molecule has 0 atom stereocenters. The van der Waals surface area contributed by atoms with Crippen LogP contribution in [0.2, 0.25) is 0 Å². The van der Waals surface area contributed by atoms with Gasteiger partial charge in [-0.05, 0) is 82.2 Å². The van der Waals surface area contributed by atoms with E-state index in [-0.39, 0.29) is 39.2 Å². The second-order valence-electron chi connectivity index (χ2n) is 16.4. The molecule has 0 saturated heterocycles. The summed E-state index contributed by atoms with van der Waals surface area (Å²) < 4.78 is 14.1. The molecule has 0 aliphatic rings. The van der Waals surface area contributed by atoms with E-state index < -0.39 is 34.3 Å². The fourth-order valence-corrected chi connectivity index (χ4v) is 5.83. The van der Waals surface area contributed by atoms with Crippen molar-refractivity contribution >= 4 is 39.7 Å². The van der Waals surface area contributed by atoms with Crippen LogP contribution in [-0.4, -0.2) is 82.7 Å². The average Bonchev–Trinajstić information content (AvgIpc) is 3.59. The molecule has 57 heavy (non-hydrogen) atoms. The lowest BCUT2D eigenvalue weighted by atomic mass is 10.0. The van der Waals surface area contributed by atoms with Crippen molar-refractivity contribution in [2.75, 3.05) is 13.1 Å². The number of hydrogen-bond acceptors (Lipinski definition) is 10. The van der Waals surface area contributed by atoms with Crippen molar-refractivity contribution in [1.82, 2.24) is 24.4 Å². The van der Waals surface area contributed by atoms with Crippen molar-refractivity contribution in [3.05, 3.63) is 66.7 Å². The molecule has 1 amide bonds. The summed E-state index contributed by atoms with van der Waals surface area (Å²) in [4.78, 5) is 68.1. The Bertz CT molecular complexity index is 2440. The van der Waals surface area contributed by atoms with Crippen LogP contribution in [0.25, 0.3) is 21.8 Å². The van der Waals surface area contributed by atoms with Crippen molar-refractivity contribution in [3.8, 4) is 23.7 Å². The Morgan fingerprint density at radius 1 is 0.737 bits per heavy atom. The minimum Gasteiger partial charge on any atom is -0.456 e. The highest BCUT2D eigenvalue weighted by atomic mass is 16.6. The predicted molar refractivity (Wildman–Crippen MR) is 219 cm³/mol. The number of nitrogens with two attached hydrogens (primary N) is 1. The Labute approximate surface area is 332 Å². The maximum atomic E-state index is 13.1. The van der Waals surface area contributed by atoms with Gasteiger partial charge in [-0.25, -0.2) is 9.59 Å². The standard InChI is InChI=1S/C22H29N3O5.C20H27N3O4/c1-13-16(20(28)30-22(5,6)10-11-23-14(2)26)17-15(8-9-21(3,4)29)12-25(7)19(27)18(17)24-13;1-12-14(18(25)27-20(4,5)9-10-21)15-13(7-8-19(2,3)26)11-23(6)17(24)16(15)22-12/h12,24,29H,10-11H2,1-7H3,(H,23,26);11,22,26H,9-10,21H2,1-6H3. The summed E-state index contributed by atoms with van der Waals surface area (Å²) in [6, 6.07) is 0. The molecule has 0 aromatic carbocycles. The predicted octanol–water partition coefficient (Wildman–Crippen LogP) is 3.34. The van der Waals surface area contributed by atoms with Gasteiger partial charge >= 0.3 is 11.9 Å². The van der Waals surface area contributed by atoms with Gasteiger partial charge in [0.05, 0.1) is 22.3 Å². The number of aliphatic hydroxyl groups is 2. The number of amides is 1. The van der Waals surface area contributed by atoms with Crippen LogP contribution < -0.4 is 22.2 Å². The van der Waals surface area contributed by atoms with E-state index in [4.69, 9.17) is 15.2 Å². The van der Waals surface area contributed by atoms with Crippen LogP contribution in [0, 0.1) is 37.5 Å². The number of hydrogen-bond donors (Lipinski definition) is 6. The minimum absolute atomic E-state index is 0.157. The fourth-order valence-electron chi connectivity index (χ4n) is 5.83. The summed E-state index contributed by atoms with van der Waals surface area (Å²) in [7, 11) is 3.20. The zero-order chi connectivity index (χ0) is 43.4. The van der Waals surface area contributed by atoms with Crippen LogP contribution in [-0.2, 0) is 28.4 Å². The van der Waals surface area contributed by atoms with Crippen LogP contribution in [0.15, 0.2) is 22.0 Å². The number of fused-ring (bicyclic) bond motifs is 2. The third kappa shape index (κ3) is 11.9. The molecule has 15 heteroatoms. The number of carbonyl (C=O) groups excluding carboxylic acids is 3. The fraction of sp³-hybridized carbons (Fsp3) is 0.500. The number of carbonyl (C=O) groups is 3. The van der Waals surface area contributed by atoms with Gasteiger partial charge < -0.3 is 49.8 Å². The van der Waals surface area contributed by atoms with Gasteiger partial charge in [0.15, 0.2) is 0 Å². The summed E-state index contributed by atoms with van der Waals surface area (Å²) >= 11 is 0. The van der Waals surface area contributed by atoms with Gasteiger partial charge in [-0.3, -0.25) is 14.4 Å². The molecule has 4 rings (SSSR count). The third-order valence-corrected chi connectivity index (χ3v) is 8.63. The SMILES string of the molecule is CC(=O)NCCC(C)(C)OC(=O)c1c(C)[nH]c2c(=O)n(C)cc(C#CC(C)(C)O)c12.Cc1[nH]c2c(=O)n(C)cc(C#CC(C)(C)O)c2c1C(=O)OC(C)(C)CCN. The minimum atomic E-state index is -1.24. The Morgan fingerprint density at radius 3 is 1.44 bits per heavy atom. The lowest BCUT2D eigenvalue weighted by Crippen LogP contribution is -2.33. The van der Waals surface area contributed by atoms with Crippen LogP contribution >= 0.6 is 0 Å². The Morgan fingerprint density at radius 2 is 1.11 bits per heavy atom. The van der Waals surface area contributed by atoms with E-state index in [0.717, 1.165) is 0 Å². The summed E-state index contributed by atoms with van der Waals surface area (Å²) in [5.41, 5.74) is 3.92. The number of nitrogens with zero attached hydrogens (tertiary/aromatic N) is 2. The molecule has 15 nitrogen and oxygen atoms in total. The topological polar surface area (TPSA) is 224 Å². The molecule has 0 fully saturated rings. The molecule has 0 spiro atoms. The number of esters is 2. The average molecular weight is 789 g/mol. The molecule has 0 saturated carbocycles. The largest absolute Gasteiger partial charge is 0.456 e. The maximum absolute atomic E-state index is 13.1. The first-order chi connectivity index (χ1) is 26.1. The van der Waals surface area contributed by atoms with Crippen molar-refractivity contribution in [3.63, 3.8) is 0 Å². The van der Waals surface area contributed by atoms with Gasteiger partial charge in [-0.2, -0.15) is 0 Å². The maximum Gasteiger partial charge on any atom is 0.341 e. The van der Waals surface area contributed by atoms with Gasteiger partial charge in [0.2, 0.25) is 5.91 Å². The number of nitrogens with one attached hydrogen (secondary N) is 3. The lowest BCUT2D eigenvalue weighted by Gasteiger charge is -2.25. The van der Waals surface area contributed by atoms with Crippen molar-refractivity contribution < 1.29 is 34.1 Å². The molecule has 308 valence electrons. The van der Waals surface area contributed by atoms with Gasteiger partial charge in [0.1, 0.15) is 33.4 Å². The molecule has 7 N–H and O–H groups in total. The van der Waals surface area contributed by atoms with Crippen molar-refractivity contribution in [2.24, 2.45) is 19.8 Å². The lowest BCUT2D eigenvalue weighted by molar-refractivity contribution is -0.119. The molecule has 0 bridgehead atoms. The molecule has 4 aromatic heterocycles. The summed E-state index contributed by atoms with van der Waals surface area (Å²) in [6.45, 7) is 18.9. The van der Waals surface area contributed by atoms with E-state index in [1.807, 2.05) is 0 Å². The first kappa shape index (κ1) is 45.8. The third-order valence-electron chi connectivity index (χ3n) is 8.63. The Balaban J connectivity index is 0.000000307. The summed E-state index contributed by atoms with van der Waals surface area (Å²) in [6.07, 6.45) is 4.02. The Hall–Kier alpha value is -5.61. The van der Waals surface area contributed by atoms with E-state index in [2.05, 4.69) is 39.0 Å². The molecule has 0 aliphatic heterocycles. The number of H-pyrrole nitrogens is 2. The second kappa shape index (κ2) is 17.3.